The van der Waals surface area contributed by atoms with Crippen molar-refractivity contribution in [3.05, 3.63) is 0 Å². The zero-order chi connectivity index (χ0) is 19.1. The van der Waals surface area contributed by atoms with Crippen LogP contribution in [0.25, 0.3) is 0 Å². The van der Waals surface area contributed by atoms with Crippen LogP contribution in [-0.2, 0) is 9.59 Å². The van der Waals surface area contributed by atoms with Crippen LogP contribution in [0.15, 0.2) is 0 Å². The van der Waals surface area contributed by atoms with E-state index in [4.69, 9.17) is 0 Å². The number of ketones is 2. The topological polar surface area (TPSA) is 54.4 Å². The number of hydrogen-bond donors (Lipinski definition) is 1. The standard InChI is InChI=1S/C20H27F3O3/c1-17-10-16(25)15(24)9-11(17)3-4-12-13(17)5-7-18(2)14(12)6-8-19(18,26)20(21,22)23/h11-14,26H,3-10H2,1-2H3/t11-,12?,13?,14?,17+,18+,19+/m1/s1. The SMILES string of the molecule is C[C@]12CCC3C(CC[C@@H]4CC(=O)C(=O)C[C@]34C)C1CC[C@@]2(O)C(F)(F)F. The van der Waals surface area contributed by atoms with Crippen LogP contribution >= 0.6 is 0 Å². The van der Waals surface area contributed by atoms with Crippen molar-refractivity contribution in [2.75, 3.05) is 0 Å². The summed E-state index contributed by atoms with van der Waals surface area (Å²) in [6, 6.07) is 0. The van der Waals surface area contributed by atoms with Gasteiger partial charge in [-0.15, -0.1) is 0 Å². The number of halogens is 3. The molecule has 4 aliphatic rings. The number of rotatable bonds is 0. The summed E-state index contributed by atoms with van der Waals surface area (Å²) >= 11 is 0. The zero-order valence-electron chi connectivity index (χ0n) is 15.4. The highest BCUT2D eigenvalue weighted by molar-refractivity contribution is 6.38. The Morgan fingerprint density at radius 2 is 1.62 bits per heavy atom. The monoisotopic (exact) mass is 372 g/mol. The maximum atomic E-state index is 13.7. The van der Waals surface area contributed by atoms with E-state index in [0.717, 1.165) is 12.8 Å². The molecule has 0 amide bonds. The molecule has 6 heteroatoms. The third-order valence-electron chi connectivity index (χ3n) is 8.97. The van der Waals surface area contributed by atoms with E-state index >= 15 is 0 Å². The van der Waals surface area contributed by atoms with Crippen molar-refractivity contribution >= 4 is 11.6 Å². The van der Waals surface area contributed by atoms with E-state index in [2.05, 4.69) is 6.92 Å². The summed E-state index contributed by atoms with van der Waals surface area (Å²) in [4.78, 5) is 24.0. The molecule has 4 saturated carbocycles. The Morgan fingerprint density at radius 3 is 2.27 bits per heavy atom. The van der Waals surface area contributed by atoms with Crippen LogP contribution in [0.1, 0.15) is 65.2 Å². The number of carbonyl (C=O) groups excluding carboxylic acids is 2. The van der Waals surface area contributed by atoms with Crippen LogP contribution in [0.2, 0.25) is 0 Å². The van der Waals surface area contributed by atoms with Gasteiger partial charge in [0.1, 0.15) is 0 Å². The van der Waals surface area contributed by atoms with E-state index in [9.17, 15) is 27.9 Å². The average molecular weight is 372 g/mol. The molecular weight excluding hydrogens is 345 g/mol. The van der Waals surface area contributed by atoms with Gasteiger partial charge in [0.2, 0.25) is 0 Å². The van der Waals surface area contributed by atoms with Gasteiger partial charge in [-0.25, -0.2) is 0 Å². The van der Waals surface area contributed by atoms with Crippen LogP contribution in [0.5, 0.6) is 0 Å². The van der Waals surface area contributed by atoms with Crippen molar-refractivity contribution in [3.63, 3.8) is 0 Å². The first-order valence-corrected chi connectivity index (χ1v) is 9.79. The molecule has 7 atom stereocenters. The molecule has 26 heavy (non-hydrogen) atoms. The van der Waals surface area contributed by atoms with E-state index in [1.165, 1.54) is 0 Å². The summed E-state index contributed by atoms with van der Waals surface area (Å²) in [6.45, 7) is 3.70. The minimum atomic E-state index is -4.61. The lowest BCUT2D eigenvalue weighted by molar-refractivity contribution is -0.304. The lowest BCUT2D eigenvalue weighted by atomic mass is 9.44. The molecule has 146 valence electrons. The minimum Gasteiger partial charge on any atom is -0.380 e. The van der Waals surface area contributed by atoms with Gasteiger partial charge in [0.25, 0.3) is 0 Å². The number of fused-ring (bicyclic) bond motifs is 5. The number of alkyl halides is 3. The molecule has 0 radical (unpaired) electrons. The normalized spacial score (nSPS) is 51.6. The van der Waals surface area contributed by atoms with Gasteiger partial charge in [-0.1, -0.05) is 13.8 Å². The van der Waals surface area contributed by atoms with Gasteiger partial charge in [-0.2, -0.15) is 13.2 Å². The molecule has 3 unspecified atom stereocenters. The molecule has 4 rings (SSSR count). The molecule has 0 bridgehead atoms. The summed E-state index contributed by atoms with van der Waals surface area (Å²) in [5, 5.41) is 10.6. The van der Waals surface area contributed by atoms with Gasteiger partial charge in [0.05, 0.1) is 0 Å². The molecule has 3 nitrogen and oxygen atoms in total. The molecule has 0 saturated heterocycles. The third-order valence-corrected chi connectivity index (χ3v) is 8.97. The molecule has 0 aliphatic heterocycles. The summed E-state index contributed by atoms with van der Waals surface area (Å²) in [6.07, 6.45) is -1.37. The van der Waals surface area contributed by atoms with E-state index < -0.39 is 17.2 Å². The van der Waals surface area contributed by atoms with Gasteiger partial charge < -0.3 is 5.11 Å². The van der Waals surface area contributed by atoms with Gasteiger partial charge in [0.15, 0.2) is 17.2 Å². The number of carbonyl (C=O) groups is 2. The summed E-state index contributed by atoms with van der Waals surface area (Å²) in [7, 11) is 0. The van der Waals surface area contributed by atoms with Gasteiger partial charge in [-0.05, 0) is 67.6 Å². The Morgan fingerprint density at radius 1 is 0.962 bits per heavy atom. The van der Waals surface area contributed by atoms with Crippen molar-refractivity contribution in [2.24, 2.45) is 34.5 Å². The molecule has 0 heterocycles. The average Bonchev–Trinajstić information content (AvgIpc) is 2.82. The van der Waals surface area contributed by atoms with Crippen molar-refractivity contribution in [1.82, 2.24) is 0 Å². The van der Waals surface area contributed by atoms with Crippen molar-refractivity contribution < 1.29 is 27.9 Å². The second kappa shape index (κ2) is 5.33. The Bertz CT molecular complexity index is 659. The molecule has 0 aromatic heterocycles. The lowest BCUT2D eigenvalue weighted by Crippen LogP contribution is -2.61. The molecule has 1 N–H and O–H groups in total. The first kappa shape index (κ1) is 18.5. The van der Waals surface area contributed by atoms with E-state index in [1.54, 1.807) is 6.92 Å². The fourth-order valence-electron chi connectivity index (χ4n) is 7.41. The van der Waals surface area contributed by atoms with Crippen LogP contribution in [-0.4, -0.2) is 28.5 Å². The highest BCUT2D eigenvalue weighted by Gasteiger charge is 2.72. The Labute approximate surface area is 151 Å². The molecular formula is C20H27F3O3. The molecule has 4 aliphatic carbocycles. The second-order valence-electron chi connectivity index (χ2n) is 9.74. The van der Waals surface area contributed by atoms with E-state index in [0.29, 0.717) is 25.7 Å². The van der Waals surface area contributed by atoms with Crippen molar-refractivity contribution in [2.45, 2.75) is 77.0 Å². The fourth-order valence-corrected chi connectivity index (χ4v) is 7.41. The van der Waals surface area contributed by atoms with Gasteiger partial charge in [-0.3, -0.25) is 9.59 Å². The van der Waals surface area contributed by atoms with Crippen molar-refractivity contribution in [1.29, 1.82) is 0 Å². The zero-order valence-corrected chi connectivity index (χ0v) is 15.4. The number of Topliss-reactive ketones (excluding diaryl/α,β-unsaturated/α-hetero) is 2. The van der Waals surface area contributed by atoms with Gasteiger partial charge >= 0.3 is 6.18 Å². The highest BCUT2D eigenvalue weighted by atomic mass is 19.4. The predicted molar refractivity (Wildman–Crippen MR) is 88.1 cm³/mol. The fraction of sp³-hybridized carbons (Fsp3) is 0.900. The van der Waals surface area contributed by atoms with Crippen LogP contribution in [0.4, 0.5) is 13.2 Å². The Hall–Kier alpha value is -0.910. The maximum Gasteiger partial charge on any atom is 0.417 e. The lowest BCUT2D eigenvalue weighted by Gasteiger charge is -2.60. The van der Waals surface area contributed by atoms with Crippen LogP contribution in [0.3, 0.4) is 0 Å². The largest absolute Gasteiger partial charge is 0.417 e. The quantitative estimate of drug-likeness (QED) is 0.652. The third kappa shape index (κ3) is 2.11. The summed E-state index contributed by atoms with van der Waals surface area (Å²) < 4.78 is 41.1. The smallest absolute Gasteiger partial charge is 0.380 e. The molecule has 4 fully saturated rings. The van der Waals surface area contributed by atoms with E-state index in [-0.39, 0.29) is 53.5 Å². The summed E-state index contributed by atoms with van der Waals surface area (Å²) in [5.74, 6) is -0.311. The van der Waals surface area contributed by atoms with Crippen molar-refractivity contribution in [3.8, 4) is 0 Å². The Kier molecular flexibility index (Phi) is 3.78. The van der Waals surface area contributed by atoms with E-state index in [1.807, 2.05) is 0 Å². The van der Waals surface area contributed by atoms with Gasteiger partial charge in [0, 0.05) is 18.3 Å². The minimum absolute atomic E-state index is 0.104. The first-order valence-electron chi connectivity index (χ1n) is 9.79. The number of hydrogen-bond acceptors (Lipinski definition) is 3. The molecule has 0 aromatic carbocycles. The predicted octanol–water partition coefficient (Wildman–Crippen LogP) is 4.07. The second-order valence-corrected chi connectivity index (χ2v) is 9.74. The van der Waals surface area contributed by atoms with Crippen LogP contribution < -0.4 is 0 Å². The maximum absolute atomic E-state index is 13.7. The Balaban J connectivity index is 1.67. The van der Waals surface area contributed by atoms with Crippen LogP contribution in [0, 0.1) is 34.5 Å². The highest BCUT2D eigenvalue weighted by Crippen LogP contribution is 2.69. The molecule has 0 aromatic rings. The number of aliphatic hydroxyl groups is 1. The molecule has 0 spiro atoms. The summed E-state index contributed by atoms with van der Waals surface area (Å²) in [5.41, 5.74) is -4.04. The first-order chi connectivity index (χ1) is 11.9.